The minimum absolute atomic E-state index is 0.381. The second-order valence-corrected chi connectivity index (χ2v) is 6.37. The highest BCUT2D eigenvalue weighted by Crippen LogP contribution is 2.33. The maximum Gasteiger partial charge on any atom is 0.214 e. The summed E-state index contributed by atoms with van der Waals surface area (Å²) in [6.45, 7) is 0.381. The molecule has 0 saturated heterocycles. The smallest absolute Gasteiger partial charge is 0.214 e. The van der Waals surface area contributed by atoms with Crippen molar-refractivity contribution < 1.29 is 4.74 Å². The predicted molar refractivity (Wildman–Crippen MR) is 97.4 cm³/mol. The van der Waals surface area contributed by atoms with Gasteiger partial charge in [-0.1, -0.05) is 12.1 Å². The molecule has 4 rings (SSSR count). The first-order valence-corrected chi connectivity index (χ1v) is 8.73. The Kier molecular flexibility index (Phi) is 4.57. The number of fused-ring (bicyclic) bond motifs is 1. The molecule has 0 radical (unpaired) electrons. The second-order valence-electron chi connectivity index (χ2n) is 6.37. The molecule has 0 unspecified atom stereocenters. The average molecular weight is 342 g/mol. The first-order valence-electron chi connectivity index (χ1n) is 8.73. The first kappa shape index (κ1) is 16.2. The van der Waals surface area contributed by atoms with Crippen molar-refractivity contribution in [2.75, 3.05) is 0 Å². The third kappa shape index (κ3) is 3.40. The van der Waals surface area contributed by atoms with Gasteiger partial charge in [-0.3, -0.25) is 0 Å². The molecule has 2 aromatic heterocycles. The van der Waals surface area contributed by atoms with Crippen molar-refractivity contribution in [3.8, 4) is 23.1 Å². The van der Waals surface area contributed by atoms with Crippen molar-refractivity contribution in [1.82, 2.24) is 15.0 Å². The Morgan fingerprint density at radius 1 is 1.08 bits per heavy atom. The molecule has 0 amide bonds. The van der Waals surface area contributed by atoms with Crippen LogP contribution in [0.3, 0.4) is 0 Å². The minimum atomic E-state index is 0.381. The summed E-state index contributed by atoms with van der Waals surface area (Å²) in [6, 6.07) is 11.6. The molecule has 5 heteroatoms. The largest absolute Gasteiger partial charge is 0.473 e. The highest BCUT2D eigenvalue weighted by molar-refractivity contribution is 5.68. The van der Waals surface area contributed by atoms with Gasteiger partial charge in [-0.15, -0.1) is 0 Å². The van der Waals surface area contributed by atoms with Crippen molar-refractivity contribution in [2.24, 2.45) is 0 Å². The van der Waals surface area contributed by atoms with E-state index < -0.39 is 0 Å². The molecule has 128 valence electrons. The Labute approximate surface area is 152 Å². The van der Waals surface area contributed by atoms with Crippen LogP contribution in [-0.2, 0) is 19.4 Å². The van der Waals surface area contributed by atoms with E-state index in [1.54, 1.807) is 6.07 Å². The van der Waals surface area contributed by atoms with Crippen LogP contribution in [-0.4, -0.2) is 15.0 Å². The number of nitriles is 1. The molecule has 2 heterocycles. The monoisotopic (exact) mass is 342 g/mol. The zero-order chi connectivity index (χ0) is 17.8. The van der Waals surface area contributed by atoms with E-state index in [4.69, 9.17) is 15.0 Å². The van der Waals surface area contributed by atoms with E-state index in [0.717, 1.165) is 41.6 Å². The van der Waals surface area contributed by atoms with Gasteiger partial charge in [0.2, 0.25) is 5.88 Å². The van der Waals surface area contributed by atoms with Crippen molar-refractivity contribution in [1.29, 1.82) is 5.26 Å². The molecule has 0 N–H and O–H groups in total. The van der Waals surface area contributed by atoms with Gasteiger partial charge >= 0.3 is 0 Å². The molecule has 0 saturated carbocycles. The zero-order valence-corrected chi connectivity index (χ0v) is 14.4. The van der Waals surface area contributed by atoms with Gasteiger partial charge in [0.25, 0.3) is 0 Å². The maximum absolute atomic E-state index is 9.03. The van der Waals surface area contributed by atoms with E-state index >= 15 is 0 Å². The number of nitrogens with zero attached hydrogens (tertiary/aromatic N) is 4. The van der Waals surface area contributed by atoms with Crippen LogP contribution in [0, 0.1) is 11.3 Å². The Morgan fingerprint density at radius 3 is 2.77 bits per heavy atom. The SMILES string of the molecule is N#Cc1cccc(COc2cc(-c3cncnc3)c3c(n2)CCCC3)c1. The lowest BCUT2D eigenvalue weighted by Crippen LogP contribution is -2.09. The van der Waals surface area contributed by atoms with E-state index in [0.29, 0.717) is 18.1 Å². The normalized spacial score (nSPS) is 12.9. The van der Waals surface area contributed by atoms with Crippen molar-refractivity contribution in [3.63, 3.8) is 0 Å². The predicted octanol–water partition coefficient (Wildman–Crippen LogP) is 3.87. The van der Waals surface area contributed by atoms with E-state index in [1.165, 1.54) is 18.3 Å². The highest BCUT2D eigenvalue weighted by Gasteiger charge is 2.18. The summed E-state index contributed by atoms with van der Waals surface area (Å²) in [6.07, 6.45) is 9.52. The second kappa shape index (κ2) is 7.32. The summed E-state index contributed by atoms with van der Waals surface area (Å²) < 4.78 is 5.96. The van der Waals surface area contributed by atoms with Crippen LogP contribution in [0.15, 0.2) is 49.1 Å². The lowest BCUT2D eigenvalue weighted by Gasteiger charge is -2.20. The molecule has 0 bridgehead atoms. The molecule has 26 heavy (non-hydrogen) atoms. The molecule has 0 aliphatic heterocycles. The maximum atomic E-state index is 9.03. The third-order valence-corrected chi connectivity index (χ3v) is 4.59. The fraction of sp³-hybridized carbons (Fsp3) is 0.238. The van der Waals surface area contributed by atoms with E-state index in [2.05, 4.69) is 16.0 Å². The van der Waals surface area contributed by atoms with Crippen LogP contribution in [0.25, 0.3) is 11.1 Å². The summed E-state index contributed by atoms with van der Waals surface area (Å²) in [4.78, 5) is 13.0. The highest BCUT2D eigenvalue weighted by atomic mass is 16.5. The van der Waals surface area contributed by atoms with Crippen LogP contribution in [0.1, 0.15) is 35.2 Å². The van der Waals surface area contributed by atoms with Crippen molar-refractivity contribution >= 4 is 0 Å². The van der Waals surface area contributed by atoms with Gasteiger partial charge in [-0.25, -0.2) is 15.0 Å². The Balaban J connectivity index is 1.65. The number of rotatable bonds is 4. The number of hydrogen-bond acceptors (Lipinski definition) is 5. The third-order valence-electron chi connectivity index (χ3n) is 4.59. The van der Waals surface area contributed by atoms with Crippen LogP contribution >= 0.6 is 0 Å². The summed E-state index contributed by atoms with van der Waals surface area (Å²) in [5, 5.41) is 9.03. The van der Waals surface area contributed by atoms with Gasteiger partial charge < -0.3 is 4.74 Å². The van der Waals surface area contributed by atoms with Crippen LogP contribution in [0.5, 0.6) is 5.88 Å². The molecule has 1 aromatic carbocycles. The molecule has 0 fully saturated rings. The van der Waals surface area contributed by atoms with Crippen LogP contribution < -0.4 is 4.74 Å². The molecule has 3 aromatic rings. The molecule has 1 aliphatic carbocycles. The fourth-order valence-electron chi connectivity index (χ4n) is 3.34. The van der Waals surface area contributed by atoms with Gasteiger partial charge in [0, 0.05) is 29.7 Å². The summed E-state index contributed by atoms with van der Waals surface area (Å²) in [5.74, 6) is 0.604. The summed E-state index contributed by atoms with van der Waals surface area (Å²) in [7, 11) is 0. The zero-order valence-electron chi connectivity index (χ0n) is 14.4. The van der Waals surface area contributed by atoms with Gasteiger partial charge in [-0.05, 0) is 54.5 Å². The molecule has 5 nitrogen and oxygen atoms in total. The quantitative estimate of drug-likeness (QED) is 0.720. The first-order chi connectivity index (χ1) is 12.8. The summed E-state index contributed by atoms with van der Waals surface area (Å²) in [5.41, 5.74) is 6.07. The number of hydrogen-bond donors (Lipinski definition) is 0. The number of benzene rings is 1. The number of ether oxygens (including phenoxy) is 1. The molecular weight excluding hydrogens is 324 g/mol. The van der Waals surface area contributed by atoms with E-state index in [1.807, 2.05) is 36.7 Å². The Morgan fingerprint density at radius 2 is 1.92 bits per heavy atom. The Hall–Kier alpha value is -3.26. The number of aromatic nitrogens is 3. The van der Waals surface area contributed by atoms with E-state index in [9.17, 15) is 0 Å². The molecular formula is C21H18N4O. The number of pyridine rings is 1. The van der Waals surface area contributed by atoms with Gasteiger partial charge in [-0.2, -0.15) is 5.26 Å². The van der Waals surface area contributed by atoms with Gasteiger partial charge in [0.05, 0.1) is 11.6 Å². The topological polar surface area (TPSA) is 71.7 Å². The van der Waals surface area contributed by atoms with Crippen LogP contribution in [0.4, 0.5) is 0 Å². The van der Waals surface area contributed by atoms with Gasteiger partial charge in [0.15, 0.2) is 0 Å². The van der Waals surface area contributed by atoms with Gasteiger partial charge in [0.1, 0.15) is 12.9 Å². The molecule has 0 spiro atoms. The van der Waals surface area contributed by atoms with E-state index in [-0.39, 0.29) is 0 Å². The van der Waals surface area contributed by atoms with Crippen molar-refractivity contribution in [2.45, 2.75) is 32.3 Å². The molecule has 0 atom stereocenters. The standard InChI is InChI=1S/C21H18N4O/c22-10-15-4-3-5-16(8-15)13-26-21-9-19(17-11-23-14-24-12-17)18-6-1-2-7-20(18)25-21/h3-5,8-9,11-12,14H,1-2,6-7,13H2. The fourth-order valence-corrected chi connectivity index (χ4v) is 3.34. The lowest BCUT2D eigenvalue weighted by atomic mass is 9.90. The van der Waals surface area contributed by atoms with Crippen LogP contribution in [0.2, 0.25) is 0 Å². The molecule has 1 aliphatic rings. The summed E-state index contributed by atoms with van der Waals surface area (Å²) >= 11 is 0. The number of aryl methyl sites for hydroxylation is 1. The average Bonchev–Trinajstić information content (AvgIpc) is 2.72. The lowest BCUT2D eigenvalue weighted by molar-refractivity contribution is 0.292. The minimum Gasteiger partial charge on any atom is -0.473 e. The Bertz CT molecular complexity index is 963. The van der Waals surface area contributed by atoms with Crippen molar-refractivity contribution in [3.05, 3.63) is 71.4 Å².